The van der Waals surface area contributed by atoms with Crippen LogP contribution < -0.4 is 16.4 Å². The molecule has 2 atom stereocenters. The topological polar surface area (TPSA) is 105 Å². The Balaban J connectivity index is 2.08. The number of piperidine rings is 1. The Bertz CT molecular complexity index is 664. The number of carbonyl (C=O) groups is 3. The minimum absolute atomic E-state index is 0.00281. The molecule has 7 heteroatoms. The number of nitrogens with zero attached hydrogens (tertiary/aromatic N) is 1. The van der Waals surface area contributed by atoms with E-state index in [0.717, 1.165) is 25.1 Å². The Morgan fingerprint density at radius 3 is 2.44 bits per heavy atom. The maximum atomic E-state index is 12.8. The van der Waals surface area contributed by atoms with Crippen LogP contribution in [-0.2, 0) is 4.79 Å². The molecule has 0 spiro atoms. The monoisotopic (exact) mass is 346 g/mol. The molecular weight excluding hydrogens is 320 g/mol. The van der Waals surface area contributed by atoms with E-state index in [9.17, 15) is 14.4 Å². The summed E-state index contributed by atoms with van der Waals surface area (Å²) in [5, 5.41) is 4.94. The zero-order chi connectivity index (χ0) is 18.6. The predicted octanol–water partition coefficient (Wildman–Crippen LogP) is 1.72. The third kappa shape index (κ3) is 5.20. The molecule has 25 heavy (non-hydrogen) atoms. The predicted molar refractivity (Wildman–Crippen MR) is 96.2 cm³/mol. The third-order valence-corrected chi connectivity index (χ3v) is 4.34. The van der Waals surface area contributed by atoms with Crippen LogP contribution in [0.15, 0.2) is 18.2 Å². The first kappa shape index (κ1) is 18.8. The third-order valence-electron chi connectivity index (χ3n) is 4.34. The fourth-order valence-corrected chi connectivity index (χ4v) is 3.31. The molecule has 7 nitrogen and oxygen atoms in total. The second-order valence-electron chi connectivity index (χ2n) is 6.95. The van der Waals surface area contributed by atoms with Crippen molar-refractivity contribution in [2.75, 3.05) is 25.0 Å². The van der Waals surface area contributed by atoms with Crippen LogP contribution in [0.4, 0.5) is 10.5 Å². The lowest BCUT2D eigenvalue weighted by molar-refractivity contribution is -0.118. The van der Waals surface area contributed by atoms with Crippen molar-refractivity contribution in [3.8, 4) is 0 Å². The van der Waals surface area contributed by atoms with E-state index >= 15 is 0 Å². The molecule has 0 aromatic heterocycles. The maximum absolute atomic E-state index is 12.8. The molecular formula is C18H26N4O3. The number of rotatable bonds is 4. The summed E-state index contributed by atoms with van der Waals surface area (Å²) < 4.78 is 0. The summed E-state index contributed by atoms with van der Waals surface area (Å²) in [6.07, 6.45) is 1.14. The van der Waals surface area contributed by atoms with Gasteiger partial charge in [0.25, 0.3) is 5.91 Å². The summed E-state index contributed by atoms with van der Waals surface area (Å²) >= 11 is 0. The second-order valence-corrected chi connectivity index (χ2v) is 6.95. The number of primary amides is 1. The van der Waals surface area contributed by atoms with Crippen LogP contribution in [-0.4, -0.2) is 42.4 Å². The van der Waals surface area contributed by atoms with Gasteiger partial charge in [-0.05, 0) is 42.9 Å². The standard InChI is InChI=1S/C18H26N4O3/c1-11-6-12(2)10-22(9-11)17(24)14-5-4-13(3)15(7-14)20-8-16(23)21-18(19)25/h4-5,7,11-12,20H,6,8-10H2,1-3H3,(H3,19,21,23,25)/t11-,12-/m0/s1. The summed E-state index contributed by atoms with van der Waals surface area (Å²) in [5.74, 6) is 0.465. The quantitative estimate of drug-likeness (QED) is 0.772. The van der Waals surface area contributed by atoms with E-state index in [1.54, 1.807) is 12.1 Å². The Kier molecular flexibility index (Phi) is 6.01. The summed E-state index contributed by atoms with van der Waals surface area (Å²) in [6, 6.07) is 4.51. The molecule has 1 fully saturated rings. The van der Waals surface area contributed by atoms with Crippen molar-refractivity contribution in [3.05, 3.63) is 29.3 Å². The summed E-state index contributed by atoms with van der Waals surface area (Å²) in [4.78, 5) is 36.9. The number of imide groups is 1. The van der Waals surface area contributed by atoms with Crippen LogP contribution in [0.1, 0.15) is 36.2 Å². The number of nitrogens with one attached hydrogen (secondary N) is 2. The first-order chi connectivity index (χ1) is 11.8. The van der Waals surface area contributed by atoms with Gasteiger partial charge in [-0.25, -0.2) is 4.79 Å². The number of benzene rings is 1. The number of likely N-dealkylation sites (tertiary alicyclic amines) is 1. The minimum Gasteiger partial charge on any atom is -0.376 e. The van der Waals surface area contributed by atoms with E-state index in [0.29, 0.717) is 23.1 Å². The Morgan fingerprint density at radius 2 is 1.84 bits per heavy atom. The Hall–Kier alpha value is -2.57. The van der Waals surface area contributed by atoms with Crippen molar-refractivity contribution in [2.24, 2.45) is 17.6 Å². The number of amides is 4. The molecule has 0 bridgehead atoms. The molecule has 2 rings (SSSR count). The Morgan fingerprint density at radius 1 is 1.20 bits per heavy atom. The van der Waals surface area contributed by atoms with Crippen molar-refractivity contribution in [1.29, 1.82) is 0 Å². The molecule has 0 radical (unpaired) electrons. The first-order valence-corrected chi connectivity index (χ1v) is 8.49. The second kappa shape index (κ2) is 8.00. The van der Waals surface area contributed by atoms with Gasteiger partial charge in [0.2, 0.25) is 5.91 Å². The normalized spacial score (nSPS) is 20.0. The number of hydrogen-bond acceptors (Lipinski definition) is 4. The van der Waals surface area contributed by atoms with Crippen molar-refractivity contribution in [1.82, 2.24) is 10.2 Å². The zero-order valence-corrected chi connectivity index (χ0v) is 15.0. The molecule has 0 unspecified atom stereocenters. The van der Waals surface area contributed by atoms with Crippen molar-refractivity contribution < 1.29 is 14.4 Å². The molecule has 1 heterocycles. The molecule has 1 aliphatic rings. The van der Waals surface area contributed by atoms with Gasteiger partial charge in [0.05, 0.1) is 6.54 Å². The van der Waals surface area contributed by atoms with Gasteiger partial charge in [-0.15, -0.1) is 0 Å². The van der Waals surface area contributed by atoms with Gasteiger partial charge in [-0.2, -0.15) is 0 Å². The van der Waals surface area contributed by atoms with E-state index in [1.807, 2.05) is 23.2 Å². The number of urea groups is 1. The van der Waals surface area contributed by atoms with E-state index in [4.69, 9.17) is 5.73 Å². The lowest BCUT2D eigenvalue weighted by Gasteiger charge is -2.35. The van der Waals surface area contributed by atoms with E-state index in [-0.39, 0.29) is 12.5 Å². The van der Waals surface area contributed by atoms with Gasteiger partial charge in [0.1, 0.15) is 0 Å². The van der Waals surface area contributed by atoms with Crippen LogP contribution in [0.5, 0.6) is 0 Å². The molecule has 0 aliphatic carbocycles. The Labute approximate surface area is 147 Å². The summed E-state index contributed by atoms with van der Waals surface area (Å²) in [5.41, 5.74) is 7.09. The largest absolute Gasteiger partial charge is 0.376 e. The average molecular weight is 346 g/mol. The first-order valence-electron chi connectivity index (χ1n) is 8.49. The maximum Gasteiger partial charge on any atom is 0.318 e. The van der Waals surface area contributed by atoms with Crippen LogP contribution in [0.3, 0.4) is 0 Å². The van der Waals surface area contributed by atoms with Gasteiger partial charge in [-0.1, -0.05) is 19.9 Å². The molecule has 4 N–H and O–H groups in total. The molecule has 0 saturated carbocycles. The highest BCUT2D eigenvalue weighted by atomic mass is 16.2. The average Bonchev–Trinajstić information content (AvgIpc) is 2.52. The highest BCUT2D eigenvalue weighted by Crippen LogP contribution is 2.24. The number of nitrogens with two attached hydrogens (primary N) is 1. The zero-order valence-electron chi connectivity index (χ0n) is 15.0. The SMILES string of the molecule is Cc1ccc(C(=O)N2C[C@@H](C)C[C@H](C)C2)cc1NCC(=O)NC(N)=O. The smallest absolute Gasteiger partial charge is 0.318 e. The van der Waals surface area contributed by atoms with Crippen molar-refractivity contribution >= 4 is 23.5 Å². The highest BCUT2D eigenvalue weighted by molar-refractivity contribution is 5.97. The van der Waals surface area contributed by atoms with Crippen LogP contribution in [0.2, 0.25) is 0 Å². The fraction of sp³-hybridized carbons (Fsp3) is 0.500. The summed E-state index contributed by atoms with van der Waals surface area (Å²) in [7, 11) is 0. The number of carbonyl (C=O) groups excluding carboxylic acids is 3. The lowest BCUT2D eigenvalue weighted by Crippen LogP contribution is -2.42. The van der Waals surface area contributed by atoms with Gasteiger partial charge >= 0.3 is 6.03 Å². The molecule has 1 aliphatic heterocycles. The van der Waals surface area contributed by atoms with Crippen molar-refractivity contribution in [2.45, 2.75) is 27.2 Å². The van der Waals surface area contributed by atoms with Crippen LogP contribution in [0.25, 0.3) is 0 Å². The molecule has 1 aromatic rings. The van der Waals surface area contributed by atoms with Crippen molar-refractivity contribution in [3.63, 3.8) is 0 Å². The van der Waals surface area contributed by atoms with Crippen LogP contribution in [0, 0.1) is 18.8 Å². The molecule has 136 valence electrons. The van der Waals surface area contributed by atoms with E-state index in [2.05, 4.69) is 19.2 Å². The van der Waals surface area contributed by atoms with E-state index in [1.165, 1.54) is 0 Å². The summed E-state index contributed by atoms with van der Waals surface area (Å²) in [6.45, 7) is 7.64. The van der Waals surface area contributed by atoms with Gasteiger partial charge < -0.3 is 16.0 Å². The van der Waals surface area contributed by atoms with Crippen LogP contribution >= 0.6 is 0 Å². The lowest BCUT2D eigenvalue weighted by atomic mass is 9.91. The van der Waals surface area contributed by atoms with Gasteiger partial charge in [0.15, 0.2) is 0 Å². The fourth-order valence-electron chi connectivity index (χ4n) is 3.31. The molecule has 1 saturated heterocycles. The van der Waals surface area contributed by atoms with E-state index < -0.39 is 11.9 Å². The van der Waals surface area contributed by atoms with Gasteiger partial charge in [0, 0.05) is 24.3 Å². The molecule has 1 aromatic carbocycles. The molecule has 4 amide bonds. The number of aryl methyl sites for hydroxylation is 1. The minimum atomic E-state index is -0.888. The number of hydrogen-bond donors (Lipinski definition) is 3. The number of anilines is 1. The highest BCUT2D eigenvalue weighted by Gasteiger charge is 2.26. The van der Waals surface area contributed by atoms with Gasteiger partial charge in [-0.3, -0.25) is 14.9 Å².